The lowest BCUT2D eigenvalue weighted by Gasteiger charge is -2.15. The monoisotopic (exact) mass is 341 g/mol. The molecule has 1 fully saturated rings. The molecule has 1 unspecified atom stereocenters. The lowest BCUT2D eigenvalue weighted by atomic mass is 10.2. The van der Waals surface area contributed by atoms with Crippen molar-refractivity contribution in [3.63, 3.8) is 0 Å². The van der Waals surface area contributed by atoms with Crippen LogP contribution in [0.25, 0.3) is 0 Å². The van der Waals surface area contributed by atoms with Gasteiger partial charge in [0.25, 0.3) is 0 Å². The number of carboxylic acids is 1. The van der Waals surface area contributed by atoms with Crippen LogP contribution in [-0.4, -0.2) is 28.1 Å². The van der Waals surface area contributed by atoms with Crippen LogP contribution in [0, 0.1) is 6.92 Å². The van der Waals surface area contributed by atoms with E-state index in [1.165, 1.54) is 36.0 Å². The quantitative estimate of drug-likeness (QED) is 0.865. The Labute approximate surface area is 143 Å². The predicted octanol–water partition coefficient (Wildman–Crippen LogP) is 3.12. The molecule has 0 aliphatic carbocycles. The minimum atomic E-state index is -1.05. The van der Waals surface area contributed by atoms with Gasteiger partial charge in [0.15, 0.2) is 0 Å². The van der Waals surface area contributed by atoms with Gasteiger partial charge in [-0.05, 0) is 43.3 Å². The normalized spacial score (nSPS) is 17.4. The molecular weight excluding hydrogens is 326 g/mol. The number of anilines is 1. The average Bonchev–Trinajstić information content (AvgIpc) is 2.83. The lowest BCUT2D eigenvalue weighted by molar-refractivity contribution is -0.121. The van der Waals surface area contributed by atoms with Crippen molar-refractivity contribution in [2.45, 2.75) is 23.5 Å². The summed E-state index contributed by atoms with van der Waals surface area (Å²) in [5.74, 6) is -1.59. The van der Waals surface area contributed by atoms with Gasteiger partial charge in [0, 0.05) is 11.3 Å². The minimum Gasteiger partial charge on any atom is -0.478 e. The molecule has 2 aromatic rings. The number of carboxylic acid groups (broad SMARTS) is 1. The summed E-state index contributed by atoms with van der Waals surface area (Å²) in [7, 11) is 0. The highest BCUT2D eigenvalue weighted by Crippen LogP contribution is 2.34. The van der Waals surface area contributed by atoms with Crippen molar-refractivity contribution in [2.24, 2.45) is 0 Å². The van der Waals surface area contributed by atoms with Crippen LogP contribution in [0.15, 0.2) is 53.4 Å². The van der Waals surface area contributed by atoms with Crippen LogP contribution < -0.4 is 4.90 Å². The van der Waals surface area contributed by atoms with Crippen molar-refractivity contribution in [1.29, 1.82) is 0 Å². The Kier molecular flexibility index (Phi) is 4.40. The smallest absolute Gasteiger partial charge is 0.335 e. The molecule has 2 aromatic carbocycles. The van der Waals surface area contributed by atoms with E-state index in [2.05, 4.69) is 0 Å². The molecular formula is C18H15NO4S. The largest absolute Gasteiger partial charge is 0.478 e. The molecule has 1 N–H and O–H groups in total. The molecule has 0 bridgehead atoms. The molecule has 122 valence electrons. The number of nitrogens with zero attached hydrogens (tertiary/aromatic N) is 1. The van der Waals surface area contributed by atoms with Gasteiger partial charge >= 0.3 is 5.97 Å². The number of carbonyl (C=O) groups is 3. The molecule has 0 spiro atoms. The number of benzene rings is 2. The van der Waals surface area contributed by atoms with Gasteiger partial charge in [0.1, 0.15) is 0 Å². The maximum absolute atomic E-state index is 12.6. The fourth-order valence-corrected chi connectivity index (χ4v) is 3.56. The summed E-state index contributed by atoms with van der Waals surface area (Å²) in [6, 6.07) is 13.5. The SMILES string of the molecule is Cc1ccc(SC2CC(=O)N(c3ccc(C(=O)O)cc3)C2=O)cc1. The van der Waals surface area contributed by atoms with E-state index in [4.69, 9.17) is 5.11 Å². The zero-order valence-corrected chi connectivity index (χ0v) is 13.7. The van der Waals surface area contributed by atoms with Crippen molar-refractivity contribution in [1.82, 2.24) is 0 Å². The summed E-state index contributed by atoms with van der Waals surface area (Å²) in [5, 5.41) is 8.46. The Morgan fingerprint density at radius 1 is 1.08 bits per heavy atom. The van der Waals surface area contributed by atoms with E-state index in [9.17, 15) is 14.4 Å². The van der Waals surface area contributed by atoms with Crippen LogP contribution in [0.4, 0.5) is 5.69 Å². The third-order valence-corrected chi connectivity index (χ3v) is 4.97. The number of rotatable bonds is 4. The summed E-state index contributed by atoms with van der Waals surface area (Å²) >= 11 is 1.37. The van der Waals surface area contributed by atoms with Crippen LogP contribution in [-0.2, 0) is 9.59 Å². The number of aromatic carboxylic acids is 1. The molecule has 3 rings (SSSR count). The van der Waals surface area contributed by atoms with E-state index in [0.717, 1.165) is 15.4 Å². The van der Waals surface area contributed by atoms with Crippen molar-refractivity contribution in [3.8, 4) is 0 Å². The van der Waals surface area contributed by atoms with Crippen molar-refractivity contribution in [3.05, 3.63) is 59.7 Å². The summed E-state index contributed by atoms with van der Waals surface area (Å²) in [6.45, 7) is 1.99. The number of aryl methyl sites for hydroxylation is 1. The third kappa shape index (κ3) is 3.19. The third-order valence-electron chi connectivity index (χ3n) is 3.78. The zero-order chi connectivity index (χ0) is 17.3. The van der Waals surface area contributed by atoms with E-state index in [1.807, 2.05) is 31.2 Å². The summed E-state index contributed by atoms with van der Waals surface area (Å²) < 4.78 is 0. The van der Waals surface area contributed by atoms with E-state index in [1.54, 1.807) is 0 Å². The first-order chi connectivity index (χ1) is 11.5. The van der Waals surface area contributed by atoms with Crippen LogP contribution in [0.2, 0.25) is 0 Å². The van der Waals surface area contributed by atoms with Crippen LogP contribution in [0.3, 0.4) is 0 Å². The second-order valence-electron chi connectivity index (χ2n) is 5.54. The molecule has 0 aromatic heterocycles. The van der Waals surface area contributed by atoms with E-state index in [-0.39, 0.29) is 23.8 Å². The Bertz CT molecular complexity index is 799. The summed E-state index contributed by atoms with van der Waals surface area (Å²) in [4.78, 5) is 37.8. The van der Waals surface area contributed by atoms with E-state index >= 15 is 0 Å². The second kappa shape index (κ2) is 6.49. The molecule has 0 saturated carbocycles. The number of carbonyl (C=O) groups excluding carboxylic acids is 2. The highest BCUT2D eigenvalue weighted by Gasteiger charge is 2.40. The topological polar surface area (TPSA) is 74.7 Å². The van der Waals surface area contributed by atoms with Crippen LogP contribution >= 0.6 is 11.8 Å². The predicted molar refractivity (Wildman–Crippen MR) is 91.3 cm³/mol. The molecule has 5 nitrogen and oxygen atoms in total. The number of hydrogen-bond acceptors (Lipinski definition) is 4. The van der Waals surface area contributed by atoms with Crippen molar-refractivity contribution >= 4 is 35.2 Å². The lowest BCUT2D eigenvalue weighted by Crippen LogP contribution is -2.31. The number of imide groups is 1. The first-order valence-corrected chi connectivity index (χ1v) is 8.27. The summed E-state index contributed by atoms with van der Waals surface area (Å²) in [5.41, 5.74) is 1.65. The van der Waals surface area contributed by atoms with Gasteiger partial charge in [-0.2, -0.15) is 0 Å². The second-order valence-corrected chi connectivity index (χ2v) is 6.82. The Hall–Kier alpha value is -2.60. The number of hydrogen-bond donors (Lipinski definition) is 1. The van der Waals surface area contributed by atoms with Crippen molar-refractivity contribution < 1.29 is 19.5 Å². The van der Waals surface area contributed by atoms with Crippen LogP contribution in [0.5, 0.6) is 0 Å². The molecule has 1 atom stereocenters. The first kappa shape index (κ1) is 16.3. The van der Waals surface area contributed by atoms with Gasteiger partial charge in [-0.25, -0.2) is 9.69 Å². The molecule has 1 saturated heterocycles. The Balaban J connectivity index is 1.78. The van der Waals surface area contributed by atoms with Gasteiger partial charge in [-0.3, -0.25) is 9.59 Å². The zero-order valence-electron chi connectivity index (χ0n) is 12.9. The highest BCUT2D eigenvalue weighted by molar-refractivity contribution is 8.00. The average molecular weight is 341 g/mol. The first-order valence-electron chi connectivity index (χ1n) is 7.39. The standard InChI is InChI=1S/C18H15NO4S/c1-11-2-8-14(9-3-11)24-15-10-16(20)19(17(15)21)13-6-4-12(5-7-13)18(22)23/h2-9,15H,10H2,1H3,(H,22,23). The molecule has 1 aliphatic heterocycles. The van der Waals surface area contributed by atoms with Gasteiger partial charge in [0.2, 0.25) is 11.8 Å². The fraction of sp³-hybridized carbons (Fsp3) is 0.167. The number of amides is 2. The molecule has 6 heteroatoms. The molecule has 2 amide bonds. The van der Waals surface area contributed by atoms with E-state index < -0.39 is 11.2 Å². The minimum absolute atomic E-state index is 0.114. The van der Waals surface area contributed by atoms with Crippen LogP contribution in [0.1, 0.15) is 22.3 Å². The molecule has 1 heterocycles. The number of thioether (sulfide) groups is 1. The van der Waals surface area contributed by atoms with Gasteiger partial charge in [-0.15, -0.1) is 11.8 Å². The van der Waals surface area contributed by atoms with Gasteiger partial charge in [-0.1, -0.05) is 17.7 Å². The fourth-order valence-electron chi connectivity index (χ4n) is 2.50. The van der Waals surface area contributed by atoms with Gasteiger partial charge in [0.05, 0.1) is 16.5 Å². The molecule has 1 aliphatic rings. The Morgan fingerprint density at radius 3 is 2.29 bits per heavy atom. The molecule has 0 radical (unpaired) electrons. The Morgan fingerprint density at radius 2 is 1.71 bits per heavy atom. The van der Waals surface area contributed by atoms with E-state index in [0.29, 0.717) is 5.69 Å². The van der Waals surface area contributed by atoms with Gasteiger partial charge < -0.3 is 5.11 Å². The summed E-state index contributed by atoms with van der Waals surface area (Å²) in [6.07, 6.45) is 0.137. The maximum Gasteiger partial charge on any atom is 0.335 e. The maximum atomic E-state index is 12.6. The molecule has 24 heavy (non-hydrogen) atoms. The van der Waals surface area contributed by atoms with Crippen molar-refractivity contribution in [2.75, 3.05) is 4.90 Å². The highest BCUT2D eigenvalue weighted by atomic mass is 32.2.